The fourth-order valence-electron chi connectivity index (χ4n) is 2.71. The van der Waals surface area contributed by atoms with Gasteiger partial charge >= 0.3 is 0 Å². The summed E-state index contributed by atoms with van der Waals surface area (Å²) in [6, 6.07) is 8.38. The molecule has 3 heteroatoms. The molecule has 0 amide bonds. The van der Waals surface area contributed by atoms with Crippen LogP contribution in [0.5, 0.6) is 5.75 Å². The predicted octanol–water partition coefficient (Wildman–Crippen LogP) is 2.68. The number of hydrogen-bond donors (Lipinski definition) is 1. The number of ether oxygens (including phenoxy) is 1. The summed E-state index contributed by atoms with van der Waals surface area (Å²) < 4.78 is 5.45. The van der Waals surface area contributed by atoms with Crippen molar-refractivity contribution in [2.24, 2.45) is 5.92 Å². The second kappa shape index (κ2) is 6.92. The van der Waals surface area contributed by atoms with Crippen LogP contribution in [0.4, 0.5) is 0 Å². The molecule has 1 aromatic rings. The fourth-order valence-corrected chi connectivity index (χ4v) is 2.71. The van der Waals surface area contributed by atoms with Crippen molar-refractivity contribution in [1.82, 2.24) is 4.90 Å². The van der Waals surface area contributed by atoms with Gasteiger partial charge in [-0.05, 0) is 63.4 Å². The third kappa shape index (κ3) is 4.22. The van der Waals surface area contributed by atoms with Crippen LogP contribution in [-0.4, -0.2) is 35.8 Å². The van der Waals surface area contributed by atoms with Crippen molar-refractivity contribution in [3.63, 3.8) is 0 Å². The van der Waals surface area contributed by atoms with E-state index >= 15 is 0 Å². The van der Waals surface area contributed by atoms with E-state index in [9.17, 15) is 5.11 Å². The van der Waals surface area contributed by atoms with Crippen molar-refractivity contribution < 1.29 is 9.84 Å². The Morgan fingerprint density at radius 3 is 2.42 bits per heavy atom. The summed E-state index contributed by atoms with van der Waals surface area (Å²) in [6.45, 7) is 7.80. The Labute approximate surface area is 116 Å². The molecule has 1 saturated heterocycles. The Morgan fingerprint density at radius 1 is 1.26 bits per heavy atom. The highest BCUT2D eigenvalue weighted by atomic mass is 16.5. The van der Waals surface area contributed by atoms with E-state index in [4.69, 9.17) is 4.74 Å². The number of rotatable bonds is 5. The van der Waals surface area contributed by atoms with Gasteiger partial charge in [0.25, 0.3) is 0 Å². The van der Waals surface area contributed by atoms with Crippen LogP contribution >= 0.6 is 0 Å². The molecule has 0 aromatic heterocycles. The number of benzene rings is 1. The number of hydrogen-bond acceptors (Lipinski definition) is 3. The Balaban J connectivity index is 1.82. The fraction of sp³-hybridized carbons (Fsp3) is 0.625. The second-order valence-electron chi connectivity index (χ2n) is 5.43. The predicted molar refractivity (Wildman–Crippen MR) is 77.3 cm³/mol. The van der Waals surface area contributed by atoms with Gasteiger partial charge in [0.15, 0.2) is 0 Å². The summed E-state index contributed by atoms with van der Waals surface area (Å²) >= 11 is 0. The first-order valence-corrected chi connectivity index (χ1v) is 7.31. The van der Waals surface area contributed by atoms with E-state index in [2.05, 4.69) is 17.0 Å². The van der Waals surface area contributed by atoms with E-state index in [1.165, 1.54) is 5.56 Å². The molecule has 1 aromatic carbocycles. The lowest BCUT2D eigenvalue weighted by Gasteiger charge is -2.33. The average molecular weight is 263 g/mol. The van der Waals surface area contributed by atoms with Gasteiger partial charge < -0.3 is 9.84 Å². The van der Waals surface area contributed by atoms with Crippen LogP contribution in [0.1, 0.15) is 32.3 Å². The maximum absolute atomic E-state index is 9.60. The maximum atomic E-state index is 9.60. The molecule has 3 nitrogen and oxygen atoms in total. The van der Waals surface area contributed by atoms with Crippen molar-refractivity contribution in [2.75, 3.05) is 19.7 Å². The van der Waals surface area contributed by atoms with E-state index in [1.54, 1.807) is 0 Å². The van der Waals surface area contributed by atoms with Gasteiger partial charge in [-0.25, -0.2) is 0 Å². The lowest BCUT2D eigenvalue weighted by molar-refractivity contribution is 0.0695. The number of aliphatic hydroxyl groups is 1. The van der Waals surface area contributed by atoms with Crippen molar-refractivity contribution in [3.8, 4) is 5.75 Å². The largest absolute Gasteiger partial charge is 0.494 e. The topological polar surface area (TPSA) is 32.7 Å². The van der Waals surface area contributed by atoms with Crippen LogP contribution in [0.15, 0.2) is 24.3 Å². The zero-order valence-corrected chi connectivity index (χ0v) is 12.0. The van der Waals surface area contributed by atoms with Gasteiger partial charge in [-0.3, -0.25) is 4.90 Å². The normalized spacial score (nSPS) is 19.3. The van der Waals surface area contributed by atoms with Crippen molar-refractivity contribution >= 4 is 0 Å². The second-order valence-corrected chi connectivity index (χ2v) is 5.43. The molecule has 1 fully saturated rings. The highest BCUT2D eigenvalue weighted by Crippen LogP contribution is 2.22. The number of aliphatic hydroxyl groups excluding tert-OH is 1. The minimum Gasteiger partial charge on any atom is -0.494 e. The smallest absolute Gasteiger partial charge is 0.119 e. The molecule has 0 saturated carbocycles. The molecule has 0 radical (unpaired) electrons. The monoisotopic (exact) mass is 263 g/mol. The molecule has 1 aliphatic heterocycles. The Kier molecular flexibility index (Phi) is 5.23. The molecule has 0 spiro atoms. The molecule has 1 unspecified atom stereocenters. The Bertz CT molecular complexity index is 367. The molecule has 19 heavy (non-hydrogen) atoms. The van der Waals surface area contributed by atoms with Crippen LogP contribution in [0.2, 0.25) is 0 Å². The van der Waals surface area contributed by atoms with Crippen molar-refractivity contribution in [2.45, 2.75) is 39.3 Å². The van der Waals surface area contributed by atoms with Gasteiger partial charge in [0.2, 0.25) is 0 Å². The molecule has 0 bridgehead atoms. The summed E-state index contributed by atoms with van der Waals surface area (Å²) in [7, 11) is 0. The first-order chi connectivity index (χ1) is 9.19. The van der Waals surface area contributed by atoms with E-state index in [1.807, 2.05) is 26.0 Å². The molecule has 0 aliphatic carbocycles. The van der Waals surface area contributed by atoms with Gasteiger partial charge in [0.05, 0.1) is 12.7 Å². The van der Waals surface area contributed by atoms with Crippen LogP contribution < -0.4 is 4.74 Å². The quantitative estimate of drug-likeness (QED) is 0.886. The first-order valence-electron chi connectivity index (χ1n) is 7.31. The molecular weight excluding hydrogens is 238 g/mol. The molecule has 1 heterocycles. The van der Waals surface area contributed by atoms with E-state index in [-0.39, 0.29) is 6.10 Å². The third-order valence-corrected chi connectivity index (χ3v) is 3.95. The lowest BCUT2D eigenvalue weighted by Crippen LogP contribution is -2.36. The maximum Gasteiger partial charge on any atom is 0.119 e. The molecular formula is C16H25NO2. The number of nitrogens with zero attached hydrogens (tertiary/aromatic N) is 1. The zero-order valence-electron chi connectivity index (χ0n) is 12.0. The molecule has 106 valence electrons. The van der Waals surface area contributed by atoms with Gasteiger partial charge in [0, 0.05) is 6.54 Å². The zero-order chi connectivity index (χ0) is 13.7. The Hall–Kier alpha value is -1.06. The van der Waals surface area contributed by atoms with Crippen LogP contribution in [0.25, 0.3) is 0 Å². The van der Waals surface area contributed by atoms with Crippen LogP contribution in [-0.2, 0) is 6.54 Å². The lowest BCUT2D eigenvalue weighted by atomic mass is 9.92. The van der Waals surface area contributed by atoms with Gasteiger partial charge in [0.1, 0.15) is 5.75 Å². The van der Waals surface area contributed by atoms with Crippen LogP contribution in [0.3, 0.4) is 0 Å². The Morgan fingerprint density at radius 2 is 1.89 bits per heavy atom. The van der Waals surface area contributed by atoms with E-state index < -0.39 is 0 Å². The third-order valence-electron chi connectivity index (χ3n) is 3.95. The summed E-state index contributed by atoms with van der Waals surface area (Å²) in [5.74, 6) is 1.43. The first kappa shape index (κ1) is 14.4. The minimum absolute atomic E-state index is 0.160. The standard InChI is InChI=1S/C16H25NO2/c1-3-19-16-6-4-14(5-7-16)12-17-10-8-15(9-11-17)13(2)18/h4-7,13,15,18H,3,8-12H2,1-2H3. The highest BCUT2D eigenvalue weighted by Gasteiger charge is 2.22. The van der Waals surface area contributed by atoms with Gasteiger partial charge in [-0.1, -0.05) is 12.1 Å². The summed E-state index contributed by atoms with van der Waals surface area (Å²) in [6.07, 6.45) is 2.05. The SMILES string of the molecule is CCOc1ccc(CN2CCC(C(C)O)CC2)cc1. The molecule has 2 rings (SSSR count). The number of piperidine rings is 1. The highest BCUT2D eigenvalue weighted by molar-refractivity contribution is 5.27. The van der Waals surface area contributed by atoms with E-state index in [0.717, 1.165) is 38.2 Å². The average Bonchev–Trinajstić information content (AvgIpc) is 2.42. The molecule has 1 atom stereocenters. The van der Waals surface area contributed by atoms with Crippen molar-refractivity contribution in [1.29, 1.82) is 0 Å². The van der Waals surface area contributed by atoms with Crippen molar-refractivity contribution in [3.05, 3.63) is 29.8 Å². The minimum atomic E-state index is -0.160. The van der Waals surface area contributed by atoms with Gasteiger partial charge in [-0.2, -0.15) is 0 Å². The molecule has 1 aliphatic rings. The summed E-state index contributed by atoms with van der Waals surface area (Å²) in [5, 5.41) is 9.60. The number of likely N-dealkylation sites (tertiary alicyclic amines) is 1. The van der Waals surface area contributed by atoms with E-state index in [0.29, 0.717) is 12.5 Å². The van der Waals surface area contributed by atoms with Gasteiger partial charge in [-0.15, -0.1) is 0 Å². The summed E-state index contributed by atoms with van der Waals surface area (Å²) in [4.78, 5) is 2.47. The molecule has 1 N–H and O–H groups in total. The summed E-state index contributed by atoms with van der Waals surface area (Å²) in [5.41, 5.74) is 1.33. The van der Waals surface area contributed by atoms with Crippen LogP contribution in [0, 0.1) is 5.92 Å².